The number of nitrogens with zero attached hydrogens (tertiary/aromatic N) is 1. The molecule has 26 heavy (non-hydrogen) atoms. The molecule has 0 aliphatic heterocycles. The van der Waals surface area contributed by atoms with Gasteiger partial charge in [0, 0.05) is 18.7 Å². The molecule has 1 heterocycles. The maximum Gasteiger partial charge on any atom is 0.405 e. The van der Waals surface area contributed by atoms with Crippen molar-refractivity contribution in [1.82, 2.24) is 5.32 Å². The molecule has 0 unspecified atom stereocenters. The van der Waals surface area contributed by atoms with Crippen molar-refractivity contribution in [3.63, 3.8) is 0 Å². The number of amides is 1. The summed E-state index contributed by atoms with van der Waals surface area (Å²) in [6.07, 6.45) is 0.126. The second-order valence-corrected chi connectivity index (χ2v) is 5.37. The lowest BCUT2D eigenvalue weighted by Crippen LogP contribution is -2.39. The molecular formula is C18H20N2O6. The van der Waals surface area contributed by atoms with Crippen molar-refractivity contribution < 1.29 is 28.5 Å². The fourth-order valence-electron chi connectivity index (χ4n) is 2.18. The largest absolute Gasteiger partial charge is 0.618 e. The molecule has 1 aromatic heterocycles. The summed E-state index contributed by atoms with van der Waals surface area (Å²) in [6.45, 7) is 1.65. The third kappa shape index (κ3) is 4.62. The fraction of sp³-hybridized carbons (Fsp3) is 0.278. The van der Waals surface area contributed by atoms with E-state index >= 15 is 0 Å². The van der Waals surface area contributed by atoms with Gasteiger partial charge in [-0.25, -0.2) is 4.79 Å². The summed E-state index contributed by atoms with van der Waals surface area (Å²) in [5.74, 6) is -0.225. The van der Waals surface area contributed by atoms with Gasteiger partial charge in [0.25, 0.3) is 5.91 Å². The van der Waals surface area contributed by atoms with Crippen LogP contribution in [0.1, 0.15) is 23.0 Å². The average molecular weight is 360 g/mol. The Morgan fingerprint density at radius 2 is 1.88 bits per heavy atom. The van der Waals surface area contributed by atoms with Crippen LogP contribution in [0.25, 0.3) is 0 Å². The number of methoxy groups -OCH3 is 2. The molecule has 1 atom stereocenters. The maximum atomic E-state index is 12.1. The van der Waals surface area contributed by atoms with Crippen molar-refractivity contribution in [3.8, 4) is 11.5 Å². The highest BCUT2D eigenvalue weighted by Gasteiger charge is 2.23. The van der Waals surface area contributed by atoms with Crippen LogP contribution >= 0.6 is 0 Å². The number of nitrogens with one attached hydrogen (secondary N) is 1. The monoisotopic (exact) mass is 360 g/mol. The number of carbonyl (C=O) groups is 2. The van der Waals surface area contributed by atoms with Crippen LogP contribution in [0.3, 0.4) is 0 Å². The number of ether oxygens (including phenoxy) is 3. The lowest BCUT2D eigenvalue weighted by Gasteiger charge is -2.14. The van der Waals surface area contributed by atoms with Crippen LogP contribution < -0.4 is 19.5 Å². The molecule has 1 amide bonds. The van der Waals surface area contributed by atoms with Gasteiger partial charge in [0.05, 0.1) is 14.2 Å². The first-order chi connectivity index (χ1) is 12.5. The molecule has 2 rings (SSSR count). The zero-order valence-corrected chi connectivity index (χ0v) is 14.7. The lowest BCUT2D eigenvalue weighted by molar-refractivity contribution is -0.608. The number of hydrogen-bond acceptors (Lipinski definition) is 6. The van der Waals surface area contributed by atoms with Crippen molar-refractivity contribution in [1.29, 1.82) is 0 Å². The molecule has 1 aromatic carbocycles. The van der Waals surface area contributed by atoms with Gasteiger partial charge in [-0.1, -0.05) is 6.07 Å². The topological polar surface area (TPSA) is 101 Å². The van der Waals surface area contributed by atoms with Crippen LogP contribution in [0.5, 0.6) is 11.5 Å². The summed E-state index contributed by atoms with van der Waals surface area (Å²) in [6, 6.07) is 9.59. The molecule has 138 valence electrons. The molecule has 2 aromatic rings. The molecule has 0 aliphatic carbocycles. The molecule has 8 heteroatoms. The van der Waals surface area contributed by atoms with Crippen LogP contribution in [0.2, 0.25) is 0 Å². The predicted octanol–water partition coefficient (Wildman–Crippen LogP) is 1.20. The van der Waals surface area contributed by atoms with Crippen LogP contribution in [0, 0.1) is 5.21 Å². The molecule has 0 radical (unpaired) electrons. The number of carbonyl (C=O) groups excluding carboxylic acids is 2. The van der Waals surface area contributed by atoms with Crippen molar-refractivity contribution in [2.75, 3.05) is 14.2 Å². The Morgan fingerprint density at radius 3 is 2.54 bits per heavy atom. The lowest BCUT2D eigenvalue weighted by atomic mass is 10.2. The third-order valence-electron chi connectivity index (χ3n) is 3.60. The van der Waals surface area contributed by atoms with Gasteiger partial charge in [-0.15, -0.1) is 0 Å². The number of esters is 1. The number of benzene rings is 1. The van der Waals surface area contributed by atoms with Gasteiger partial charge in [-0.2, -0.15) is 4.73 Å². The molecule has 0 aliphatic rings. The molecule has 0 spiro atoms. The Balaban J connectivity index is 1.93. The van der Waals surface area contributed by atoms with E-state index in [-0.39, 0.29) is 12.2 Å². The van der Waals surface area contributed by atoms with Crippen LogP contribution in [0.4, 0.5) is 0 Å². The molecule has 1 N–H and O–H groups in total. The summed E-state index contributed by atoms with van der Waals surface area (Å²) in [7, 11) is 3.06. The Hall–Kier alpha value is -3.29. The SMILES string of the molecule is COc1ccc(CNC(=O)[C@H](C)OC(=O)c2cccc[n+]2[O-])cc1OC. The second-order valence-electron chi connectivity index (χ2n) is 5.37. The van der Waals surface area contributed by atoms with E-state index in [2.05, 4.69) is 5.32 Å². The van der Waals surface area contributed by atoms with Gasteiger partial charge in [0.15, 0.2) is 23.8 Å². The zero-order chi connectivity index (χ0) is 19.1. The predicted molar refractivity (Wildman–Crippen MR) is 91.7 cm³/mol. The molecule has 0 fully saturated rings. The Bertz CT molecular complexity index is 793. The van der Waals surface area contributed by atoms with E-state index < -0.39 is 18.0 Å². The summed E-state index contributed by atoms with van der Waals surface area (Å²) in [5, 5.41) is 14.2. The van der Waals surface area contributed by atoms with Crippen LogP contribution in [0.15, 0.2) is 42.6 Å². The molecular weight excluding hydrogens is 340 g/mol. The minimum atomic E-state index is -1.05. The minimum absolute atomic E-state index is 0.188. The summed E-state index contributed by atoms with van der Waals surface area (Å²) >= 11 is 0. The first-order valence-electron chi connectivity index (χ1n) is 7.84. The summed E-state index contributed by atoms with van der Waals surface area (Å²) in [5.41, 5.74) is 0.599. The number of aromatic nitrogens is 1. The van der Waals surface area contributed by atoms with Crippen molar-refractivity contribution in [2.24, 2.45) is 0 Å². The first kappa shape index (κ1) is 19.0. The molecule has 0 saturated carbocycles. The standard InChI is InChI=1S/C18H20N2O6/c1-12(26-18(22)14-6-4-5-9-20(14)23)17(21)19-11-13-7-8-15(24-2)16(10-13)25-3/h4-10,12H,11H2,1-3H3,(H,19,21)/t12-/m0/s1. The Labute approximate surface area is 150 Å². The van der Waals surface area contributed by atoms with E-state index in [0.29, 0.717) is 16.2 Å². The van der Waals surface area contributed by atoms with Gasteiger partial charge in [0.2, 0.25) is 0 Å². The Kier molecular flexibility index (Phi) is 6.37. The second kappa shape index (κ2) is 8.70. The van der Waals surface area contributed by atoms with E-state index in [1.165, 1.54) is 45.5 Å². The number of pyridine rings is 1. The van der Waals surface area contributed by atoms with Crippen molar-refractivity contribution in [3.05, 3.63) is 59.1 Å². The minimum Gasteiger partial charge on any atom is -0.618 e. The van der Waals surface area contributed by atoms with Crippen molar-refractivity contribution >= 4 is 11.9 Å². The zero-order valence-electron chi connectivity index (χ0n) is 14.7. The quantitative estimate of drug-likeness (QED) is 0.452. The van der Waals surface area contributed by atoms with Gasteiger partial charge >= 0.3 is 11.7 Å². The fourth-order valence-corrected chi connectivity index (χ4v) is 2.18. The van der Waals surface area contributed by atoms with Gasteiger partial charge in [0.1, 0.15) is 0 Å². The number of hydrogen-bond donors (Lipinski definition) is 1. The smallest absolute Gasteiger partial charge is 0.405 e. The van der Waals surface area contributed by atoms with E-state index in [0.717, 1.165) is 5.56 Å². The van der Waals surface area contributed by atoms with Crippen molar-refractivity contribution in [2.45, 2.75) is 19.6 Å². The number of rotatable bonds is 7. The van der Waals surface area contributed by atoms with Gasteiger partial charge in [-0.05, 0) is 30.7 Å². The van der Waals surface area contributed by atoms with E-state index in [9.17, 15) is 14.8 Å². The van der Waals surface area contributed by atoms with E-state index in [1.807, 2.05) is 0 Å². The van der Waals surface area contributed by atoms with Crippen LogP contribution in [-0.4, -0.2) is 32.2 Å². The van der Waals surface area contributed by atoms with E-state index in [4.69, 9.17) is 14.2 Å². The highest BCUT2D eigenvalue weighted by Crippen LogP contribution is 2.27. The highest BCUT2D eigenvalue weighted by atomic mass is 16.6. The van der Waals surface area contributed by atoms with Crippen LogP contribution in [-0.2, 0) is 16.1 Å². The highest BCUT2D eigenvalue weighted by molar-refractivity contribution is 5.89. The molecule has 0 bridgehead atoms. The normalized spacial score (nSPS) is 11.3. The summed E-state index contributed by atoms with van der Waals surface area (Å²) in [4.78, 5) is 24.1. The first-order valence-corrected chi connectivity index (χ1v) is 7.84. The molecule has 0 saturated heterocycles. The average Bonchev–Trinajstić information content (AvgIpc) is 2.65. The maximum absolute atomic E-state index is 12.1. The van der Waals surface area contributed by atoms with E-state index in [1.54, 1.807) is 18.2 Å². The summed E-state index contributed by atoms with van der Waals surface area (Å²) < 4.78 is 15.8. The van der Waals surface area contributed by atoms with Gasteiger partial charge < -0.3 is 24.7 Å². The molecule has 8 nitrogen and oxygen atoms in total. The third-order valence-corrected chi connectivity index (χ3v) is 3.60. The van der Waals surface area contributed by atoms with Gasteiger partial charge in [-0.3, -0.25) is 4.79 Å². The Morgan fingerprint density at radius 1 is 1.15 bits per heavy atom.